The predicted octanol–water partition coefficient (Wildman–Crippen LogP) is 3.36. The van der Waals surface area contributed by atoms with Crippen molar-refractivity contribution in [2.24, 2.45) is 10.7 Å². The van der Waals surface area contributed by atoms with E-state index in [-0.39, 0.29) is 0 Å². The standard InChI is InChI=1S/C21H28N4O/c1-16-9-10-17(20(14-16)26-19-7-2-3-8-19)15-25-21(22)24-13-11-18-6-4-5-12-23-18/h4-6,9-10,12,14,19H,2-3,7-8,11,13,15H2,1H3,(H3,22,24,25). The number of aliphatic imine (C=N–C) groups is 1. The van der Waals surface area contributed by atoms with Crippen LogP contribution in [0.2, 0.25) is 0 Å². The molecule has 3 N–H and O–H groups in total. The molecular weight excluding hydrogens is 324 g/mol. The third-order valence-electron chi connectivity index (χ3n) is 4.65. The van der Waals surface area contributed by atoms with Gasteiger partial charge in [-0.25, -0.2) is 4.99 Å². The maximum absolute atomic E-state index is 6.22. The van der Waals surface area contributed by atoms with Crippen LogP contribution in [0.25, 0.3) is 0 Å². The number of benzene rings is 1. The molecule has 0 atom stereocenters. The first kappa shape index (κ1) is 18.2. The summed E-state index contributed by atoms with van der Waals surface area (Å²) in [7, 11) is 0. The number of aryl methyl sites for hydroxylation is 1. The maximum Gasteiger partial charge on any atom is 0.188 e. The minimum absolute atomic E-state index is 0.341. The van der Waals surface area contributed by atoms with E-state index in [1.54, 1.807) is 6.20 Å². The number of nitrogens with one attached hydrogen (secondary N) is 1. The Morgan fingerprint density at radius 3 is 2.88 bits per heavy atom. The molecule has 1 aliphatic carbocycles. The van der Waals surface area contributed by atoms with Crippen molar-refractivity contribution in [3.05, 3.63) is 59.4 Å². The highest BCUT2D eigenvalue weighted by Crippen LogP contribution is 2.28. The average Bonchev–Trinajstić information content (AvgIpc) is 3.15. The molecule has 0 amide bonds. The average molecular weight is 352 g/mol. The van der Waals surface area contributed by atoms with Gasteiger partial charge >= 0.3 is 0 Å². The van der Waals surface area contributed by atoms with Crippen LogP contribution in [0.5, 0.6) is 5.75 Å². The van der Waals surface area contributed by atoms with Gasteiger partial charge in [0.2, 0.25) is 0 Å². The van der Waals surface area contributed by atoms with Crippen LogP contribution < -0.4 is 15.8 Å². The molecule has 5 nitrogen and oxygen atoms in total. The summed E-state index contributed by atoms with van der Waals surface area (Å²) < 4.78 is 6.22. The summed E-state index contributed by atoms with van der Waals surface area (Å²) in [6.45, 7) is 3.32. The SMILES string of the molecule is Cc1ccc(CN=C(N)NCCc2ccccn2)c(OC2CCCC2)c1. The molecule has 0 aliphatic heterocycles. The third-order valence-corrected chi connectivity index (χ3v) is 4.65. The Kier molecular flexibility index (Phi) is 6.47. The van der Waals surface area contributed by atoms with E-state index in [9.17, 15) is 0 Å². The Bertz CT molecular complexity index is 724. The molecule has 3 rings (SSSR count). The molecule has 1 aromatic carbocycles. The fraction of sp³-hybridized carbons (Fsp3) is 0.429. The lowest BCUT2D eigenvalue weighted by Crippen LogP contribution is -2.33. The normalized spacial score (nSPS) is 15.2. The summed E-state index contributed by atoms with van der Waals surface area (Å²) >= 11 is 0. The van der Waals surface area contributed by atoms with E-state index in [2.05, 4.69) is 40.4 Å². The van der Waals surface area contributed by atoms with Crippen LogP contribution in [0.1, 0.15) is 42.5 Å². The van der Waals surface area contributed by atoms with Crippen LogP contribution >= 0.6 is 0 Å². The largest absolute Gasteiger partial charge is 0.490 e. The molecule has 0 saturated heterocycles. The van der Waals surface area contributed by atoms with E-state index >= 15 is 0 Å². The Balaban J connectivity index is 1.54. The third kappa shape index (κ3) is 5.48. The summed E-state index contributed by atoms with van der Waals surface area (Å²) in [5.74, 6) is 1.40. The van der Waals surface area contributed by atoms with Crippen LogP contribution in [-0.2, 0) is 13.0 Å². The summed E-state index contributed by atoms with van der Waals surface area (Å²) in [6, 6.07) is 12.2. The van der Waals surface area contributed by atoms with Gasteiger partial charge in [0.1, 0.15) is 5.75 Å². The fourth-order valence-corrected chi connectivity index (χ4v) is 3.18. The number of rotatable bonds is 7. The lowest BCUT2D eigenvalue weighted by Gasteiger charge is -2.16. The van der Waals surface area contributed by atoms with Gasteiger partial charge in [-0.2, -0.15) is 0 Å². The van der Waals surface area contributed by atoms with E-state index in [4.69, 9.17) is 10.5 Å². The molecule has 0 unspecified atom stereocenters. The van der Waals surface area contributed by atoms with Crippen molar-refractivity contribution in [2.45, 2.75) is 51.7 Å². The van der Waals surface area contributed by atoms with Gasteiger partial charge < -0.3 is 15.8 Å². The van der Waals surface area contributed by atoms with Gasteiger partial charge in [0.05, 0.1) is 12.6 Å². The number of hydrogen-bond acceptors (Lipinski definition) is 3. The molecule has 1 aliphatic rings. The summed E-state index contributed by atoms with van der Waals surface area (Å²) in [5.41, 5.74) is 9.33. The van der Waals surface area contributed by atoms with Gasteiger partial charge in [-0.15, -0.1) is 0 Å². The van der Waals surface area contributed by atoms with Crippen LogP contribution in [0.4, 0.5) is 0 Å². The highest BCUT2D eigenvalue weighted by atomic mass is 16.5. The molecule has 0 bridgehead atoms. The zero-order valence-electron chi connectivity index (χ0n) is 15.4. The second-order valence-electron chi connectivity index (χ2n) is 6.83. The molecular formula is C21H28N4O. The molecule has 5 heteroatoms. The lowest BCUT2D eigenvalue weighted by atomic mass is 10.1. The minimum Gasteiger partial charge on any atom is -0.490 e. The van der Waals surface area contributed by atoms with Crippen molar-refractivity contribution in [2.75, 3.05) is 6.54 Å². The first-order chi connectivity index (χ1) is 12.7. The fourth-order valence-electron chi connectivity index (χ4n) is 3.18. The number of hydrogen-bond donors (Lipinski definition) is 2. The smallest absolute Gasteiger partial charge is 0.188 e. The topological polar surface area (TPSA) is 72.5 Å². The van der Waals surface area contributed by atoms with E-state index in [0.717, 1.165) is 36.3 Å². The maximum atomic E-state index is 6.22. The lowest BCUT2D eigenvalue weighted by molar-refractivity contribution is 0.208. The van der Waals surface area contributed by atoms with Gasteiger partial charge in [0.25, 0.3) is 0 Å². The van der Waals surface area contributed by atoms with Crippen LogP contribution in [0, 0.1) is 6.92 Å². The molecule has 138 valence electrons. The summed E-state index contributed by atoms with van der Waals surface area (Å²) in [4.78, 5) is 8.77. The number of ether oxygens (including phenoxy) is 1. The van der Waals surface area contributed by atoms with Crippen molar-refractivity contribution in [3.63, 3.8) is 0 Å². The Morgan fingerprint density at radius 2 is 2.12 bits per heavy atom. The monoisotopic (exact) mass is 352 g/mol. The Morgan fingerprint density at radius 1 is 1.27 bits per heavy atom. The molecule has 26 heavy (non-hydrogen) atoms. The zero-order valence-corrected chi connectivity index (χ0v) is 15.4. The van der Waals surface area contributed by atoms with Crippen molar-refractivity contribution < 1.29 is 4.74 Å². The van der Waals surface area contributed by atoms with Crippen LogP contribution in [0.15, 0.2) is 47.6 Å². The zero-order chi connectivity index (χ0) is 18.2. The summed E-state index contributed by atoms with van der Waals surface area (Å²) in [6.07, 6.45) is 7.78. The molecule has 1 fully saturated rings. The van der Waals surface area contributed by atoms with Crippen LogP contribution in [0.3, 0.4) is 0 Å². The highest BCUT2D eigenvalue weighted by Gasteiger charge is 2.18. The number of guanidine groups is 1. The molecule has 1 saturated carbocycles. The molecule has 1 heterocycles. The van der Waals surface area contributed by atoms with E-state index < -0.39 is 0 Å². The number of nitrogens with zero attached hydrogens (tertiary/aromatic N) is 2. The van der Waals surface area contributed by atoms with Crippen molar-refractivity contribution >= 4 is 5.96 Å². The first-order valence-electron chi connectivity index (χ1n) is 9.40. The highest BCUT2D eigenvalue weighted by molar-refractivity contribution is 5.77. The number of pyridine rings is 1. The Hall–Kier alpha value is -2.56. The Labute approximate surface area is 155 Å². The second kappa shape index (κ2) is 9.22. The van der Waals surface area contributed by atoms with Gasteiger partial charge in [0.15, 0.2) is 5.96 Å². The number of nitrogens with two attached hydrogens (primary N) is 1. The van der Waals surface area contributed by atoms with E-state index in [1.807, 2.05) is 18.2 Å². The van der Waals surface area contributed by atoms with Crippen molar-refractivity contribution in [1.29, 1.82) is 0 Å². The van der Waals surface area contributed by atoms with Gasteiger partial charge in [-0.3, -0.25) is 4.98 Å². The van der Waals surface area contributed by atoms with Gasteiger partial charge in [-0.1, -0.05) is 18.2 Å². The van der Waals surface area contributed by atoms with E-state index in [0.29, 0.717) is 25.2 Å². The number of aromatic nitrogens is 1. The molecule has 1 aromatic heterocycles. The first-order valence-corrected chi connectivity index (χ1v) is 9.40. The minimum atomic E-state index is 0.341. The van der Waals surface area contributed by atoms with Gasteiger partial charge in [0, 0.05) is 30.4 Å². The predicted molar refractivity (Wildman–Crippen MR) is 105 cm³/mol. The van der Waals surface area contributed by atoms with Gasteiger partial charge in [-0.05, 0) is 56.4 Å². The molecule has 0 radical (unpaired) electrons. The molecule has 0 spiro atoms. The summed E-state index contributed by atoms with van der Waals surface area (Å²) in [5, 5.41) is 3.15. The quantitative estimate of drug-likeness (QED) is 0.592. The molecule has 2 aromatic rings. The van der Waals surface area contributed by atoms with Crippen molar-refractivity contribution in [1.82, 2.24) is 10.3 Å². The van der Waals surface area contributed by atoms with Crippen molar-refractivity contribution in [3.8, 4) is 5.75 Å². The van der Waals surface area contributed by atoms with Crippen LogP contribution in [-0.4, -0.2) is 23.6 Å². The van der Waals surface area contributed by atoms with E-state index in [1.165, 1.54) is 18.4 Å². The second-order valence-corrected chi connectivity index (χ2v) is 6.83.